The van der Waals surface area contributed by atoms with Gasteiger partial charge in [0, 0.05) is 23.2 Å². The topological polar surface area (TPSA) is 98.1 Å². The van der Waals surface area contributed by atoms with Gasteiger partial charge in [0.25, 0.3) is 5.91 Å². The summed E-state index contributed by atoms with van der Waals surface area (Å²) in [5.41, 5.74) is 1.77. The van der Waals surface area contributed by atoms with E-state index in [1.54, 1.807) is 18.7 Å². The zero-order valence-electron chi connectivity index (χ0n) is 16.6. The summed E-state index contributed by atoms with van der Waals surface area (Å²) in [6.07, 6.45) is 7.58. The standard InChI is InChI=1S/C21H23N5O3S/c1-29-17-8-6-14(7-9-17)21-25-18(13-30-21)20(28)24-16-10-22-26(11-16)12-19(27)23-15-4-2-3-5-15/h6-11,13,15H,2-5,12H2,1H3,(H,23,27)(H,24,28). The number of hydrogen-bond acceptors (Lipinski definition) is 6. The molecule has 1 saturated carbocycles. The molecule has 0 aliphatic heterocycles. The van der Waals surface area contributed by atoms with Crippen LogP contribution < -0.4 is 15.4 Å². The van der Waals surface area contributed by atoms with Gasteiger partial charge in [-0.3, -0.25) is 14.3 Å². The Bertz CT molecular complexity index is 1020. The molecule has 8 nitrogen and oxygen atoms in total. The zero-order chi connectivity index (χ0) is 20.9. The SMILES string of the molecule is COc1ccc(-c2nc(C(=O)Nc3cnn(CC(=O)NC4CCCC4)c3)cs2)cc1. The Balaban J connectivity index is 1.34. The van der Waals surface area contributed by atoms with Crippen molar-refractivity contribution in [3.63, 3.8) is 0 Å². The molecule has 1 fully saturated rings. The minimum Gasteiger partial charge on any atom is -0.497 e. The van der Waals surface area contributed by atoms with Gasteiger partial charge in [-0.1, -0.05) is 12.8 Å². The fraction of sp³-hybridized carbons (Fsp3) is 0.333. The highest BCUT2D eigenvalue weighted by molar-refractivity contribution is 7.13. The number of hydrogen-bond donors (Lipinski definition) is 2. The fourth-order valence-corrected chi connectivity index (χ4v) is 4.25. The van der Waals surface area contributed by atoms with E-state index in [0.717, 1.165) is 29.2 Å². The second-order valence-electron chi connectivity index (χ2n) is 7.20. The average molecular weight is 426 g/mol. The fourth-order valence-electron chi connectivity index (χ4n) is 3.44. The Kier molecular flexibility index (Phi) is 6.08. The first-order chi connectivity index (χ1) is 14.6. The number of anilines is 1. The molecule has 1 aliphatic carbocycles. The van der Waals surface area contributed by atoms with E-state index in [4.69, 9.17) is 4.74 Å². The highest BCUT2D eigenvalue weighted by Gasteiger charge is 2.18. The molecule has 0 atom stereocenters. The first kappa shape index (κ1) is 20.1. The number of methoxy groups -OCH3 is 1. The molecule has 2 heterocycles. The van der Waals surface area contributed by atoms with Crippen molar-refractivity contribution in [2.24, 2.45) is 0 Å². The van der Waals surface area contributed by atoms with Gasteiger partial charge in [0.15, 0.2) is 0 Å². The Morgan fingerprint density at radius 1 is 1.23 bits per heavy atom. The second kappa shape index (κ2) is 9.08. The number of rotatable bonds is 7. The normalized spacial score (nSPS) is 13.9. The Labute approximate surface area is 178 Å². The average Bonchev–Trinajstić information content (AvgIpc) is 3.50. The minimum absolute atomic E-state index is 0.0634. The predicted molar refractivity (Wildman–Crippen MR) is 115 cm³/mol. The molecule has 1 aliphatic rings. The predicted octanol–water partition coefficient (Wildman–Crippen LogP) is 3.33. The molecule has 0 radical (unpaired) electrons. The number of carbonyl (C=O) groups excluding carboxylic acids is 2. The Morgan fingerprint density at radius 2 is 2.00 bits per heavy atom. The lowest BCUT2D eigenvalue weighted by Gasteiger charge is -2.11. The number of nitrogens with zero attached hydrogens (tertiary/aromatic N) is 3. The van der Waals surface area contributed by atoms with E-state index in [2.05, 4.69) is 20.7 Å². The maximum absolute atomic E-state index is 12.5. The van der Waals surface area contributed by atoms with E-state index < -0.39 is 0 Å². The van der Waals surface area contributed by atoms with Crippen molar-refractivity contribution < 1.29 is 14.3 Å². The lowest BCUT2D eigenvalue weighted by Crippen LogP contribution is -2.35. The summed E-state index contributed by atoms with van der Waals surface area (Å²) in [6.45, 7) is 0.130. The quantitative estimate of drug-likeness (QED) is 0.605. The molecule has 0 spiro atoms. The highest BCUT2D eigenvalue weighted by Crippen LogP contribution is 2.26. The molecular formula is C21H23N5O3S. The molecule has 9 heteroatoms. The van der Waals surface area contributed by atoms with Crippen molar-refractivity contribution >= 4 is 28.8 Å². The summed E-state index contributed by atoms with van der Waals surface area (Å²) in [6, 6.07) is 7.79. The lowest BCUT2D eigenvalue weighted by molar-refractivity contribution is -0.122. The smallest absolute Gasteiger partial charge is 0.275 e. The molecule has 0 unspecified atom stereocenters. The van der Waals surface area contributed by atoms with Gasteiger partial charge in [-0.25, -0.2) is 4.98 Å². The zero-order valence-corrected chi connectivity index (χ0v) is 17.4. The summed E-state index contributed by atoms with van der Waals surface area (Å²) in [4.78, 5) is 29.1. The molecule has 2 N–H and O–H groups in total. The van der Waals surface area contributed by atoms with Crippen LogP contribution in [0.15, 0.2) is 42.0 Å². The van der Waals surface area contributed by atoms with Gasteiger partial charge in [0.1, 0.15) is 23.0 Å². The molecule has 156 valence electrons. The summed E-state index contributed by atoms with van der Waals surface area (Å²) >= 11 is 1.40. The van der Waals surface area contributed by atoms with Crippen molar-refractivity contribution in [2.45, 2.75) is 38.3 Å². The maximum atomic E-state index is 12.5. The van der Waals surface area contributed by atoms with Crippen LogP contribution in [0.5, 0.6) is 5.75 Å². The van der Waals surface area contributed by atoms with Crippen molar-refractivity contribution in [2.75, 3.05) is 12.4 Å². The van der Waals surface area contributed by atoms with Crippen LogP contribution >= 0.6 is 11.3 Å². The molecular weight excluding hydrogens is 402 g/mol. The van der Waals surface area contributed by atoms with Crippen LogP contribution in [0.3, 0.4) is 0 Å². The van der Waals surface area contributed by atoms with Crippen LogP contribution in [0, 0.1) is 0 Å². The van der Waals surface area contributed by atoms with Crippen molar-refractivity contribution in [1.29, 1.82) is 0 Å². The van der Waals surface area contributed by atoms with E-state index in [1.807, 2.05) is 24.3 Å². The summed E-state index contributed by atoms with van der Waals surface area (Å²) in [7, 11) is 1.62. The Hall–Kier alpha value is -3.20. The minimum atomic E-state index is -0.319. The van der Waals surface area contributed by atoms with Gasteiger partial charge in [0.05, 0.1) is 19.0 Å². The number of nitrogens with one attached hydrogen (secondary N) is 2. The van der Waals surface area contributed by atoms with E-state index >= 15 is 0 Å². The number of ether oxygens (including phenoxy) is 1. The van der Waals surface area contributed by atoms with Gasteiger partial charge in [-0.15, -0.1) is 11.3 Å². The Morgan fingerprint density at radius 3 is 2.73 bits per heavy atom. The molecule has 4 rings (SSSR count). The number of benzene rings is 1. The van der Waals surface area contributed by atoms with Crippen LogP contribution in [0.4, 0.5) is 5.69 Å². The number of amides is 2. The molecule has 30 heavy (non-hydrogen) atoms. The molecule has 0 bridgehead atoms. The van der Waals surface area contributed by atoms with Crippen LogP contribution in [0.2, 0.25) is 0 Å². The monoisotopic (exact) mass is 425 g/mol. The van der Waals surface area contributed by atoms with Crippen LogP contribution in [0.1, 0.15) is 36.2 Å². The molecule has 0 saturated heterocycles. The summed E-state index contributed by atoms with van der Waals surface area (Å²) in [5.74, 6) is 0.384. The van der Waals surface area contributed by atoms with Gasteiger partial charge in [-0.05, 0) is 37.1 Å². The van der Waals surface area contributed by atoms with E-state index in [0.29, 0.717) is 11.4 Å². The van der Waals surface area contributed by atoms with Gasteiger partial charge >= 0.3 is 0 Å². The van der Waals surface area contributed by atoms with Crippen molar-refractivity contribution in [1.82, 2.24) is 20.1 Å². The third-order valence-electron chi connectivity index (χ3n) is 4.99. The largest absolute Gasteiger partial charge is 0.497 e. The van der Waals surface area contributed by atoms with Crippen LogP contribution in [0.25, 0.3) is 10.6 Å². The van der Waals surface area contributed by atoms with Gasteiger partial charge in [-0.2, -0.15) is 5.10 Å². The number of aromatic nitrogens is 3. The van der Waals surface area contributed by atoms with Crippen LogP contribution in [-0.4, -0.2) is 39.7 Å². The van der Waals surface area contributed by atoms with Gasteiger partial charge < -0.3 is 15.4 Å². The summed E-state index contributed by atoms with van der Waals surface area (Å²) < 4.78 is 6.68. The molecule has 2 aromatic heterocycles. The molecule has 3 aromatic rings. The van der Waals surface area contributed by atoms with Crippen molar-refractivity contribution in [3.05, 3.63) is 47.7 Å². The van der Waals surface area contributed by atoms with Gasteiger partial charge in [0.2, 0.25) is 5.91 Å². The van der Waals surface area contributed by atoms with E-state index in [1.165, 1.54) is 35.1 Å². The second-order valence-corrected chi connectivity index (χ2v) is 8.05. The summed E-state index contributed by atoms with van der Waals surface area (Å²) in [5, 5.41) is 12.4. The van der Waals surface area contributed by atoms with E-state index in [9.17, 15) is 9.59 Å². The first-order valence-electron chi connectivity index (χ1n) is 9.84. The van der Waals surface area contributed by atoms with Crippen LogP contribution in [-0.2, 0) is 11.3 Å². The third-order valence-corrected chi connectivity index (χ3v) is 5.88. The van der Waals surface area contributed by atoms with Crippen molar-refractivity contribution in [3.8, 4) is 16.3 Å². The first-order valence-corrected chi connectivity index (χ1v) is 10.7. The molecule has 1 aromatic carbocycles. The lowest BCUT2D eigenvalue weighted by atomic mass is 10.2. The maximum Gasteiger partial charge on any atom is 0.275 e. The third kappa shape index (κ3) is 4.85. The molecule has 2 amide bonds. The number of thiazole rings is 1. The van der Waals surface area contributed by atoms with E-state index in [-0.39, 0.29) is 24.4 Å². The highest BCUT2D eigenvalue weighted by atomic mass is 32.1. The number of carbonyl (C=O) groups is 2.